The zero-order valence-corrected chi connectivity index (χ0v) is 13.2. The predicted octanol–water partition coefficient (Wildman–Crippen LogP) is 3.64. The summed E-state index contributed by atoms with van der Waals surface area (Å²) in [6, 6.07) is 9.66. The Kier molecular flexibility index (Phi) is 4.90. The van der Waals surface area contributed by atoms with Crippen molar-refractivity contribution in [2.75, 3.05) is 0 Å². The number of amides is 1. The van der Waals surface area contributed by atoms with Gasteiger partial charge in [-0.05, 0) is 42.7 Å². The molecule has 20 heavy (non-hydrogen) atoms. The summed E-state index contributed by atoms with van der Waals surface area (Å²) in [5, 5.41) is 2.94. The van der Waals surface area contributed by atoms with E-state index in [1.54, 1.807) is 6.20 Å². The number of carbonyl (C=O) groups is 1. The summed E-state index contributed by atoms with van der Waals surface area (Å²) >= 11 is 3.39. The van der Waals surface area contributed by atoms with E-state index in [9.17, 15) is 4.79 Å². The molecule has 1 heterocycles. The highest BCUT2D eigenvalue weighted by atomic mass is 79.9. The maximum absolute atomic E-state index is 12.2. The number of pyridine rings is 1. The Balaban J connectivity index is 2.11. The molecule has 2 rings (SSSR count). The minimum absolute atomic E-state index is 0.0727. The number of nitrogens with zero attached hydrogens (tertiary/aromatic N) is 1. The van der Waals surface area contributed by atoms with E-state index >= 15 is 0 Å². The Bertz CT molecular complexity index is 626. The Morgan fingerprint density at radius 2 is 2.15 bits per heavy atom. The molecule has 0 fully saturated rings. The van der Waals surface area contributed by atoms with Gasteiger partial charge < -0.3 is 5.32 Å². The zero-order chi connectivity index (χ0) is 14.5. The molecule has 3 nitrogen and oxygen atoms in total. The zero-order valence-electron chi connectivity index (χ0n) is 11.6. The van der Waals surface area contributed by atoms with E-state index in [0.29, 0.717) is 12.1 Å². The van der Waals surface area contributed by atoms with Gasteiger partial charge >= 0.3 is 0 Å². The van der Waals surface area contributed by atoms with E-state index in [-0.39, 0.29) is 5.91 Å². The lowest BCUT2D eigenvalue weighted by atomic mass is 10.1. The largest absolute Gasteiger partial charge is 0.346 e. The lowest BCUT2D eigenvalue weighted by Crippen LogP contribution is -2.24. The fourth-order valence-electron chi connectivity index (χ4n) is 2.05. The van der Waals surface area contributed by atoms with Crippen molar-refractivity contribution in [2.24, 2.45) is 0 Å². The normalized spacial score (nSPS) is 10.3. The Morgan fingerprint density at radius 1 is 1.35 bits per heavy atom. The number of nitrogens with one attached hydrogen (secondary N) is 1. The number of carbonyl (C=O) groups excluding carboxylic acids is 1. The van der Waals surface area contributed by atoms with Gasteiger partial charge in [0, 0.05) is 16.2 Å². The number of hydrogen-bond acceptors (Lipinski definition) is 2. The second-order valence-corrected chi connectivity index (χ2v) is 5.52. The van der Waals surface area contributed by atoms with Gasteiger partial charge in [0.15, 0.2) is 0 Å². The number of aryl methyl sites for hydroxylation is 2. The van der Waals surface area contributed by atoms with E-state index in [2.05, 4.69) is 33.2 Å². The molecule has 0 unspecified atom stereocenters. The molecule has 4 heteroatoms. The third-order valence-corrected chi connectivity index (χ3v) is 3.72. The summed E-state index contributed by atoms with van der Waals surface area (Å²) < 4.78 is 0.903. The second kappa shape index (κ2) is 6.66. The van der Waals surface area contributed by atoms with Gasteiger partial charge in [-0.15, -0.1) is 0 Å². The van der Waals surface area contributed by atoms with Crippen LogP contribution in [0, 0.1) is 6.92 Å². The summed E-state index contributed by atoms with van der Waals surface area (Å²) in [6.45, 7) is 4.47. The van der Waals surface area contributed by atoms with Crippen LogP contribution in [0.1, 0.15) is 34.1 Å². The second-order valence-electron chi connectivity index (χ2n) is 4.60. The van der Waals surface area contributed by atoms with Crippen molar-refractivity contribution in [3.8, 4) is 0 Å². The lowest BCUT2D eigenvalue weighted by Gasteiger charge is -2.10. The number of halogens is 1. The SMILES string of the molecule is CCc1cccnc1CNC(=O)c1cc(Br)ccc1C. The molecular formula is C16H17BrN2O. The maximum Gasteiger partial charge on any atom is 0.251 e. The highest BCUT2D eigenvalue weighted by Gasteiger charge is 2.10. The van der Waals surface area contributed by atoms with E-state index in [4.69, 9.17) is 0 Å². The summed E-state index contributed by atoms with van der Waals surface area (Å²) in [5.41, 5.74) is 3.74. The van der Waals surface area contributed by atoms with Crippen molar-refractivity contribution >= 4 is 21.8 Å². The van der Waals surface area contributed by atoms with E-state index in [0.717, 1.165) is 22.2 Å². The molecule has 0 aliphatic carbocycles. The van der Waals surface area contributed by atoms with Crippen molar-refractivity contribution < 1.29 is 4.79 Å². The first-order chi connectivity index (χ1) is 9.61. The topological polar surface area (TPSA) is 42.0 Å². The molecule has 1 aromatic heterocycles. The van der Waals surface area contributed by atoms with Crippen LogP contribution >= 0.6 is 15.9 Å². The Hall–Kier alpha value is -1.68. The molecule has 0 atom stereocenters. The molecule has 0 aliphatic heterocycles. The minimum Gasteiger partial charge on any atom is -0.346 e. The third-order valence-electron chi connectivity index (χ3n) is 3.23. The van der Waals surface area contributed by atoms with Gasteiger partial charge in [-0.3, -0.25) is 9.78 Å². The van der Waals surface area contributed by atoms with E-state index in [1.165, 1.54) is 5.56 Å². The van der Waals surface area contributed by atoms with Crippen LogP contribution < -0.4 is 5.32 Å². The quantitative estimate of drug-likeness (QED) is 0.928. The fourth-order valence-corrected chi connectivity index (χ4v) is 2.41. The first-order valence-electron chi connectivity index (χ1n) is 6.59. The highest BCUT2D eigenvalue weighted by Crippen LogP contribution is 2.16. The van der Waals surface area contributed by atoms with Crippen LogP contribution in [0.2, 0.25) is 0 Å². The number of aromatic nitrogens is 1. The van der Waals surface area contributed by atoms with Crippen molar-refractivity contribution in [3.05, 3.63) is 63.4 Å². The molecule has 0 bridgehead atoms. The molecule has 0 spiro atoms. The summed E-state index contributed by atoms with van der Waals surface area (Å²) in [6.07, 6.45) is 2.67. The van der Waals surface area contributed by atoms with Gasteiger partial charge in [-0.1, -0.05) is 35.0 Å². The monoisotopic (exact) mass is 332 g/mol. The van der Waals surface area contributed by atoms with Crippen molar-refractivity contribution in [3.63, 3.8) is 0 Å². The number of benzene rings is 1. The summed E-state index contributed by atoms with van der Waals surface area (Å²) in [4.78, 5) is 16.6. The minimum atomic E-state index is -0.0727. The van der Waals surface area contributed by atoms with Crippen LogP contribution in [-0.4, -0.2) is 10.9 Å². The first-order valence-corrected chi connectivity index (χ1v) is 7.38. The third kappa shape index (κ3) is 3.45. The Morgan fingerprint density at radius 3 is 2.90 bits per heavy atom. The maximum atomic E-state index is 12.2. The standard InChI is InChI=1S/C16H17BrN2O/c1-3-12-5-4-8-18-15(12)10-19-16(20)14-9-13(17)7-6-11(14)2/h4-9H,3,10H2,1-2H3,(H,19,20). The highest BCUT2D eigenvalue weighted by molar-refractivity contribution is 9.10. The molecule has 0 aliphatic rings. The van der Waals surface area contributed by atoms with E-state index in [1.807, 2.05) is 37.3 Å². The molecule has 1 amide bonds. The Labute approximate surface area is 127 Å². The van der Waals surface area contributed by atoms with Crippen LogP contribution in [0.15, 0.2) is 41.0 Å². The first kappa shape index (κ1) is 14.7. The van der Waals surface area contributed by atoms with Crippen LogP contribution in [0.3, 0.4) is 0 Å². The number of rotatable bonds is 4. The summed E-state index contributed by atoms with van der Waals surface area (Å²) in [7, 11) is 0. The fraction of sp³-hybridized carbons (Fsp3) is 0.250. The number of hydrogen-bond donors (Lipinski definition) is 1. The average molecular weight is 333 g/mol. The van der Waals surface area contributed by atoms with Gasteiger partial charge in [0.25, 0.3) is 5.91 Å². The predicted molar refractivity (Wildman–Crippen MR) is 83.7 cm³/mol. The van der Waals surface area contributed by atoms with Crippen molar-refractivity contribution in [1.29, 1.82) is 0 Å². The van der Waals surface area contributed by atoms with Gasteiger partial charge in [0.05, 0.1) is 12.2 Å². The summed E-state index contributed by atoms with van der Waals surface area (Å²) in [5.74, 6) is -0.0727. The van der Waals surface area contributed by atoms with Crippen LogP contribution in [0.25, 0.3) is 0 Å². The molecule has 0 radical (unpaired) electrons. The molecule has 1 N–H and O–H groups in total. The van der Waals surface area contributed by atoms with Crippen LogP contribution in [0.5, 0.6) is 0 Å². The smallest absolute Gasteiger partial charge is 0.251 e. The van der Waals surface area contributed by atoms with E-state index < -0.39 is 0 Å². The molecule has 1 aromatic carbocycles. The molecular weight excluding hydrogens is 316 g/mol. The molecule has 0 saturated heterocycles. The van der Waals surface area contributed by atoms with Crippen LogP contribution in [-0.2, 0) is 13.0 Å². The molecule has 0 saturated carbocycles. The lowest BCUT2D eigenvalue weighted by molar-refractivity contribution is 0.0949. The van der Waals surface area contributed by atoms with Crippen LogP contribution in [0.4, 0.5) is 0 Å². The van der Waals surface area contributed by atoms with Crippen molar-refractivity contribution in [1.82, 2.24) is 10.3 Å². The van der Waals surface area contributed by atoms with Crippen molar-refractivity contribution in [2.45, 2.75) is 26.8 Å². The van der Waals surface area contributed by atoms with Gasteiger partial charge in [0.1, 0.15) is 0 Å². The average Bonchev–Trinajstić information content (AvgIpc) is 2.47. The molecule has 104 valence electrons. The molecule has 2 aromatic rings. The van der Waals surface area contributed by atoms with Gasteiger partial charge in [-0.25, -0.2) is 0 Å². The van der Waals surface area contributed by atoms with Gasteiger partial charge in [0.2, 0.25) is 0 Å². The van der Waals surface area contributed by atoms with Gasteiger partial charge in [-0.2, -0.15) is 0 Å².